The van der Waals surface area contributed by atoms with E-state index in [0.29, 0.717) is 12.1 Å². The Hall–Kier alpha value is -1.29. The van der Waals surface area contributed by atoms with Gasteiger partial charge in [-0.05, 0) is 12.1 Å². The van der Waals surface area contributed by atoms with Crippen molar-refractivity contribution in [3.8, 4) is 0 Å². The predicted octanol–water partition coefficient (Wildman–Crippen LogP) is 2.50. The molecular weight excluding hydrogens is 246 g/mol. The van der Waals surface area contributed by atoms with Gasteiger partial charge in [0.2, 0.25) is 0 Å². The van der Waals surface area contributed by atoms with Crippen LogP contribution in [-0.2, 0) is 6.54 Å². The maximum Gasteiger partial charge on any atom is 0.420 e. The lowest BCUT2D eigenvalue weighted by atomic mass is 10.3. The number of benzene rings is 1. The molecule has 0 radical (unpaired) electrons. The predicted molar refractivity (Wildman–Crippen MR) is 58.5 cm³/mol. The van der Waals surface area contributed by atoms with Crippen molar-refractivity contribution >= 4 is 27.0 Å². The normalized spacial score (nSPS) is 10.6. The summed E-state index contributed by atoms with van der Waals surface area (Å²) < 4.78 is 7.32. The van der Waals surface area contributed by atoms with E-state index in [1.54, 1.807) is 6.07 Å². The van der Waals surface area contributed by atoms with Crippen LogP contribution in [0.5, 0.6) is 0 Å². The van der Waals surface area contributed by atoms with Crippen molar-refractivity contribution in [2.75, 3.05) is 0 Å². The summed E-state index contributed by atoms with van der Waals surface area (Å²) in [6, 6.07) is 7.31. The third-order valence-electron chi connectivity index (χ3n) is 1.90. The first kappa shape index (κ1) is 9.27. The number of hydrogen-bond acceptors (Lipinski definition) is 2. The van der Waals surface area contributed by atoms with Crippen LogP contribution in [-0.4, -0.2) is 4.57 Å². The van der Waals surface area contributed by atoms with Crippen molar-refractivity contribution in [3.63, 3.8) is 0 Å². The topological polar surface area (TPSA) is 35.1 Å². The second-order valence-corrected chi connectivity index (χ2v) is 4.06. The third-order valence-corrected chi connectivity index (χ3v) is 2.15. The van der Waals surface area contributed by atoms with Gasteiger partial charge < -0.3 is 4.42 Å². The van der Waals surface area contributed by atoms with E-state index in [0.717, 1.165) is 10.00 Å². The Balaban J connectivity index is 2.68. The van der Waals surface area contributed by atoms with Gasteiger partial charge >= 0.3 is 5.76 Å². The third kappa shape index (κ3) is 1.53. The molecule has 1 aromatic heterocycles. The Labute approximate surface area is 88.8 Å². The van der Waals surface area contributed by atoms with Crippen LogP contribution in [0.15, 0.2) is 44.5 Å². The van der Waals surface area contributed by atoms with E-state index in [4.69, 9.17) is 4.42 Å². The Kier molecular flexibility index (Phi) is 2.29. The monoisotopic (exact) mass is 253 g/mol. The minimum Gasteiger partial charge on any atom is -0.408 e. The Bertz CT molecular complexity index is 538. The standard InChI is InChI=1S/C10H8BrNO2/c1-7(11)6-12-8-4-2-3-5-9(8)14-10(12)13/h2-5H,1,6H2. The molecule has 2 rings (SSSR count). The second kappa shape index (κ2) is 3.46. The van der Waals surface area contributed by atoms with Gasteiger partial charge in [0.25, 0.3) is 0 Å². The largest absolute Gasteiger partial charge is 0.420 e. The van der Waals surface area contributed by atoms with Crippen molar-refractivity contribution in [1.29, 1.82) is 0 Å². The molecule has 4 heteroatoms. The first-order valence-electron chi connectivity index (χ1n) is 4.10. The van der Waals surface area contributed by atoms with Crippen molar-refractivity contribution < 1.29 is 4.42 Å². The van der Waals surface area contributed by atoms with Crippen LogP contribution in [0.1, 0.15) is 0 Å². The first-order chi connectivity index (χ1) is 6.68. The molecule has 2 aromatic rings. The van der Waals surface area contributed by atoms with Crippen LogP contribution in [0.4, 0.5) is 0 Å². The average Bonchev–Trinajstić information content (AvgIpc) is 2.43. The fourth-order valence-electron chi connectivity index (χ4n) is 1.34. The molecule has 1 heterocycles. The summed E-state index contributed by atoms with van der Waals surface area (Å²) in [7, 11) is 0. The van der Waals surface area contributed by atoms with Crippen molar-refractivity contribution in [1.82, 2.24) is 4.57 Å². The summed E-state index contributed by atoms with van der Waals surface area (Å²) in [5.74, 6) is -0.355. The molecule has 0 saturated heterocycles. The van der Waals surface area contributed by atoms with Gasteiger partial charge in [0.05, 0.1) is 12.1 Å². The quantitative estimate of drug-likeness (QED) is 0.825. The molecule has 0 saturated carbocycles. The molecule has 0 atom stereocenters. The Morgan fingerprint density at radius 2 is 2.21 bits per heavy atom. The second-order valence-electron chi connectivity index (χ2n) is 2.94. The lowest BCUT2D eigenvalue weighted by Crippen LogP contribution is -2.13. The fraction of sp³-hybridized carbons (Fsp3) is 0.100. The molecule has 0 aliphatic carbocycles. The number of rotatable bonds is 2. The van der Waals surface area contributed by atoms with Gasteiger partial charge in [-0.15, -0.1) is 0 Å². The molecule has 0 bridgehead atoms. The number of halogens is 1. The fourth-order valence-corrected chi connectivity index (χ4v) is 1.59. The summed E-state index contributed by atoms with van der Waals surface area (Å²) in [6.45, 7) is 4.12. The average molecular weight is 254 g/mol. The zero-order chi connectivity index (χ0) is 10.1. The highest BCUT2D eigenvalue weighted by Crippen LogP contribution is 2.14. The van der Waals surface area contributed by atoms with E-state index in [2.05, 4.69) is 22.5 Å². The number of allylic oxidation sites excluding steroid dienone is 1. The van der Waals surface area contributed by atoms with Gasteiger partial charge in [-0.25, -0.2) is 4.79 Å². The number of hydrogen-bond donors (Lipinski definition) is 0. The zero-order valence-corrected chi connectivity index (χ0v) is 8.95. The summed E-state index contributed by atoms with van der Waals surface area (Å²) in [6.07, 6.45) is 0. The highest BCUT2D eigenvalue weighted by atomic mass is 79.9. The molecule has 14 heavy (non-hydrogen) atoms. The van der Waals surface area contributed by atoms with E-state index in [1.807, 2.05) is 18.2 Å². The summed E-state index contributed by atoms with van der Waals surface area (Å²) >= 11 is 3.22. The van der Waals surface area contributed by atoms with Crippen molar-refractivity contribution in [3.05, 3.63) is 45.9 Å². The summed E-state index contributed by atoms with van der Waals surface area (Å²) in [5, 5.41) is 0. The number of fused-ring (bicyclic) bond motifs is 1. The Morgan fingerprint density at radius 3 is 2.93 bits per heavy atom. The molecule has 0 fully saturated rings. The van der Waals surface area contributed by atoms with Gasteiger partial charge in [0, 0.05) is 4.48 Å². The minimum atomic E-state index is -0.355. The summed E-state index contributed by atoms with van der Waals surface area (Å²) in [5.41, 5.74) is 1.39. The van der Waals surface area contributed by atoms with Crippen LogP contribution >= 0.6 is 15.9 Å². The molecule has 0 spiro atoms. The van der Waals surface area contributed by atoms with Crippen molar-refractivity contribution in [2.45, 2.75) is 6.54 Å². The zero-order valence-electron chi connectivity index (χ0n) is 7.37. The van der Waals surface area contributed by atoms with Gasteiger partial charge in [-0.3, -0.25) is 4.57 Å². The first-order valence-corrected chi connectivity index (χ1v) is 4.89. The molecule has 0 unspecified atom stereocenters. The number of oxazole rings is 1. The van der Waals surface area contributed by atoms with Crippen LogP contribution in [0.2, 0.25) is 0 Å². The van der Waals surface area contributed by atoms with E-state index in [1.165, 1.54) is 4.57 Å². The number of aromatic nitrogens is 1. The van der Waals surface area contributed by atoms with Gasteiger partial charge in [0.1, 0.15) is 0 Å². The van der Waals surface area contributed by atoms with Gasteiger partial charge in [-0.1, -0.05) is 34.6 Å². The summed E-state index contributed by atoms with van der Waals surface area (Å²) in [4.78, 5) is 11.4. The highest BCUT2D eigenvalue weighted by molar-refractivity contribution is 9.11. The molecule has 0 amide bonds. The molecule has 0 aliphatic rings. The minimum absolute atomic E-state index is 0.355. The molecule has 1 aromatic carbocycles. The van der Waals surface area contributed by atoms with Crippen LogP contribution in [0.25, 0.3) is 11.1 Å². The van der Waals surface area contributed by atoms with E-state index < -0.39 is 0 Å². The van der Waals surface area contributed by atoms with Crippen LogP contribution < -0.4 is 5.76 Å². The van der Waals surface area contributed by atoms with Gasteiger partial charge in [0.15, 0.2) is 5.58 Å². The SMILES string of the molecule is C=C(Br)Cn1c(=O)oc2ccccc21. The van der Waals surface area contributed by atoms with Gasteiger partial charge in [-0.2, -0.15) is 0 Å². The Morgan fingerprint density at radius 1 is 1.50 bits per heavy atom. The number of para-hydroxylation sites is 2. The maximum absolute atomic E-state index is 11.4. The van der Waals surface area contributed by atoms with Crippen molar-refractivity contribution in [2.24, 2.45) is 0 Å². The molecule has 0 aliphatic heterocycles. The molecular formula is C10H8BrNO2. The highest BCUT2D eigenvalue weighted by Gasteiger charge is 2.07. The van der Waals surface area contributed by atoms with E-state index in [9.17, 15) is 4.79 Å². The number of nitrogens with zero attached hydrogens (tertiary/aromatic N) is 1. The maximum atomic E-state index is 11.4. The van der Waals surface area contributed by atoms with Crippen LogP contribution in [0, 0.1) is 0 Å². The molecule has 0 N–H and O–H groups in total. The van der Waals surface area contributed by atoms with E-state index in [-0.39, 0.29) is 5.76 Å². The lowest BCUT2D eigenvalue weighted by Gasteiger charge is -1.98. The lowest BCUT2D eigenvalue weighted by molar-refractivity contribution is 0.519. The molecule has 72 valence electrons. The van der Waals surface area contributed by atoms with Crippen LogP contribution in [0.3, 0.4) is 0 Å². The molecule has 3 nitrogen and oxygen atoms in total. The smallest absolute Gasteiger partial charge is 0.408 e. The van der Waals surface area contributed by atoms with E-state index >= 15 is 0 Å².